The monoisotopic (exact) mass is 276 g/mol. The topological polar surface area (TPSA) is 67.4 Å². The first kappa shape index (κ1) is 15.8. The van der Waals surface area contributed by atoms with Gasteiger partial charge in [-0.2, -0.15) is 0 Å². The summed E-state index contributed by atoms with van der Waals surface area (Å²) < 4.78 is 4.61. The third kappa shape index (κ3) is 6.58. The van der Waals surface area contributed by atoms with Crippen molar-refractivity contribution in [3.63, 3.8) is 0 Å². The molecule has 0 aliphatic rings. The van der Waals surface area contributed by atoms with Gasteiger partial charge in [0, 0.05) is 18.3 Å². The summed E-state index contributed by atoms with van der Waals surface area (Å²) in [6, 6.07) is 10.1. The van der Waals surface area contributed by atoms with Crippen LogP contribution in [0, 0.1) is 0 Å². The lowest BCUT2D eigenvalue weighted by Gasteiger charge is -2.07. The molecule has 0 aliphatic carbocycles. The van der Waals surface area contributed by atoms with Crippen LogP contribution in [0.3, 0.4) is 0 Å². The fourth-order valence-electron chi connectivity index (χ4n) is 1.60. The quantitative estimate of drug-likeness (QED) is 0.780. The van der Waals surface area contributed by atoms with E-state index in [4.69, 9.17) is 0 Å². The third-order valence-corrected chi connectivity index (χ3v) is 2.51. The molecule has 0 spiro atoms. The highest BCUT2D eigenvalue weighted by Gasteiger charge is 2.05. The molecule has 0 bridgehead atoms. The van der Waals surface area contributed by atoms with Gasteiger partial charge < -0.3 is 10.1 Å². The van der Waals surface area contributed by atoms with Gasteiger partial charge in [-0.3, -0.25) is 10.1 Å². The number of alkyl carbamates (subject to hydrolysis) is 1. The normalized spacial score (nSPS) is 10.8. The van der Waals surface area contributed by atoms with Crippen molar-refractivity contribution in [2.45, 2.75) is 20.3 Å². The number of hydrogen-bond acceptors (Lipinski definition) is 4. The molecule has 2 N–H and O–H groups in total. The number of benzene rings is 1. The van der Waals surface area contributed by atoms with Gasteiger partial charge in [0.25, 0.3) is 5.91 Å². The molecule has 0 aliphatic heterocycles. The van der Waals surface area contributed by atoms with Gasteiger partial charge in [0.05, 0.1) is 6.61 Å². The minimum Gasteiger partial charge on any atom is -0.450 e. The first-order chi connectivity index (χ1) is 9.61. The number of carbonyl (C=O) groups is 2. The predicted molar refractivity (Wildman–Crippen MR) is 77.1 cm³/mol. The number of carbonyl (C=O) groups excluding carboxylic acids is 2. The summed E-state index contributed by atoms with van der Waals surface area (Å²) in [6.07, 6.45) is 1.47. The lowest BCUT2D eigenvalue weighted by molar-refractivity contribution is -0.115. The molecule has 5 heteroatoms. The van der Waals surface area contributed by atoms with Crippen LogP contribution in [0.25, 0.3) is 0 Å². The number of amides is 2. The summed E-state index contributed by atoms with van der Waals surface area (Å²) in [7, 11) is 0. The summed E-state index contributed by atoms with van der Waals surface area (Å²) in [4.78, 5) is 22.5. The summed E-state index contributed by atoms with van der Waals surface area (Å²) >= 11 is 0. The molecule has 0 saturated carbocycles. The highest BCUT2D eigenvalue weighted by atomic mass is 16.5. The van der Waals surface area contributed by atoms with E-state index in [1.807, 2.05) is 30.3 Å². The molecule has 0 atom stereocenters. The van der Waals surface area contributed by atoms with E-state index in [1.165, 1.54) is 11.6 Å². The first-order valence-electron chi connectivity index (χ1n) is 6.55. The van der Waals surface area contributed by atoms with Crippen molar-refractivity contribution in [3.05, 3.63) is 47.7 Å². The maximum absolute atomic E-state index is 11.4. The molecular weight excluding hydrogens is 256 g/mol. The van der Waals surface area contributed by atoms with E-state index in [9.17, 15) is 9.59 Å². The van der Waals surface area contributed by atoms with Crippen LogP contribution in [-0.2, 0) is 16.0 Å². The van der Waals surface area contributed by atoms with Gasteiger partial charge in [-0.25, -0.2) is 4.79 Å². The molecule has 108 valence electrons. The first-order valence-corrected chi connectivity index (χ1v) is 6.55. The van der Waals surface area contributed by atoms with Crippen molar-refractivity contribution in [1.82, 2.24) is 10.6 Å². The molecule has 0 saturated heterocycles. The van der Waals surface area contributed by atoms with Crippen molar-refractivity contribution in [2.75, 3.05) is 13.2 Å². The average Bonchev–Trinajstić information content (AvgIpc) is 2.39. The minimum absolute atomic E-state index is 0.233. The largest absolute Gasteiger partial charge is 0.450 e. The van der Waals surface area contributed by atoms with E-state index in [2.05, 4.69) is 15.4 Å². The Bertz CT molecular complexity index is 469. The molecular formula is C15H20N2O3. The second-order valence-corrected chi connectivity index (χ2v) is 4.20. The maximum atomic E-state index is 11.4. The Labute approximate surface area is 119 Å². The van der Waals surface area contributed by atoms with E-state index < -0.39 is 12.0 Å². The Balaban J connectivity index is 2.31. The maximum Gasteiger partial charge on any atom is 0.414 e. The van der Waals surface area contributed by atoms with Gasteiger partial charge in [-0.1, -0.05) is 30.3 Å². The average molecular weight is 276 g/mol. The molecule has 0 fully saturated rings. The molecule has 1 rings (SSSR count). The minimum atomic E-state index is -0.731. The van der Waals surface area contributed by atoms with Crippen LogP contribution >= 0.6 is 0 Å². The summed E-state index contributed by atoms with van der Waals surface area (Å²) in [5.74, 6) is -0.492. The number of imide groups is 1. The third-order valence-electron chi connectivity index (χ3n) is 2.51. The van der Waals surface area contributed by atoms with Gasteiger partial charge in [0.1, 0.15) is 0 Å². The van der Waals surface area contributed by atoms with Crippen LogP contribution in [0.1, 0.15) is 19.4 Å². The van der Waals surface area contributed by atoms with E-state index >= 15 is 0 Å². The van der Waals surface area contributed by atoms with E-state index in [0.29, 0.717) is 5.70 Å². The predicted octanol–water partition coefficient (Wildman–Crippen LogP) is 2.00. The molecule has 1 aromatic rings. The van der Waals surface area contributed by atoms with Crippen molar-refractivity contribution in [1.29, 1.82) is 0 Å². The summed E-state index contributed by atoms with van der Waals surface area (Å²) in [5.41, 5.74) is 1.92. The number of allylic oxidation sites excluding steroid dienone is 1. The molecule has 1 aromatic carbocycles. The Morgan fingerprint density at radius 2 is 1.95 bits per heavy atom. The molecule has 0 heterocycles. The van der Waals surface area contributed by atoms with Gasteiger partial charge in [0.2, 0.25) is 0 Å². The van der Waals surface area contributed by atoms with Crippen LogP contribution in [0.5, 0.6) is 0 Å². The zero-order valence-corrected chi connectivity index (χ0v) is 11.8. The Morgan fingerprint density at radius 3 is 2.60 bits per heavy atom. The molecule has 0 unspecified atom stereocenters. The smallest absolute Gasteiger partial charge is 0.414 e. The Hall–Kier alpha value is -2.30. The molecule has 5 nitrogen and oxygen atoms in total. The van der Waals surface area contributed by atoms with Crippen molar-refractivity contribution in [3.8, 4) is 0 Å². The number of ether oxygens (including phenoxy) is 1. The SMILES string of the molecule is CCOC(=O)NC(=O)/C=C(\C)NCCc1ccccc1. The van der Waals surface area contributed by atoms with Crippen molar-refractivity contribution < 1.29 is 14.3 Å². The fraction of sp³-hybridized carbons (Fsp3) is 0.333. The molecule has 2 amide bonds. The standard InChI is InChI=1S/C15H20N2O3/c1-3-20-15(19)17-14(18)11-12(2)16-10-9-13-7-5-4-6-8-13/h4-8,11,16H,3,9-10H2,1-2H3,(H,17,18,19)/b12-11+. The van der Waals surface area contributed by atoms with Gasteiger partial charge in [-0.05, 0) is 25.8 Å². The molecule has 20 heavy (non-hydrogen) atoms. The van der Waals surface area contributed by atoms with Gasteiger partial charge >= 0.3 is 6.09 Å². The van der Waals surface area contributed by atoms with Crippen LogP contribution < -0.4 is 10.6 Å². The highest BCUT2D eigenvalue weighted by molar-refractivity contribution is 5.98. The molecule has 0 radical (unpaired) electrons. The lowest BCUT2D eigenvalue weighted by Crippen LogP contribution is -2.30. The number of nitrogens with one attached hydrogen (secondary N) is 2. The Kier molecular flexibility index (Phi) is 6.89. The van der Waals surface area contributed by atoms with E-state index in [-0.39, 0.29) is 6.61 Å². The van der Waals surface area contributed by atoms with Crippen LogP contribution in [0.4, 0.5) is 4.79 Å². The van der Waals surface area contributed by atoms with Crippen LogP contribution in [0.15, 0.2) is 42.1 Å². The second kappa shape index (κ2) is 8.74. The molecule has 0 aromatic heterocycles. The van der Waals surface area contributed by atoms with Crippen LogP contribution in [-0.4, -0.2) is 25.2 Å². The fourth-order valence-corrected chi connectivity index (χ4v) is 1.60. The van der Waals surface area contributed by atoms with Crippen molar-refractivity contribution in [2.24, 2.45) is 0 Å². The number of hydrogen-bond donors (Lipinski definition) is 2. The highest BCUT2D eigenvalue weighted by Crippen LogP contribution is 1.99. The zero-order valence-electron chi connectivity index (χ0n) is 11.8. The number of rotatable bonds is 6. The van der Waals surface area contributed by atoms with Gasteiger partial charge in [0.15, 0.2) is 0 Å². The van der Waals surface area contributed by atoms with Gasteiger partial charge in [-0.15, -0.1) is 0 Å². The summed E-state index contributed by atoms with van der Waals surface area (Å²) in [5, 5.41) is 5.22. The lowest BCUT2D eigenvalue weighted by atomic mass is 10.1. The van der Waals surface area contributed by atoms with Crippen LogP contribution in [0.2, 0.25) is 0 Å². The van der Waals surface area contributed by atoms with E-state index in [1.54, 1.807) is 13.8 Å². The summed E-state index contributed by atoms with van der Waals surface area (Å²) in [6.45, 7) is 4.40. The van der Waals surface area contributed by atoms with Crippen molar-refractivity contribution >= 4 is 12.0 Å². The Morgan fingerprint density at radius 1 is 1.25 bits per heavy atom. The zero-order chi connectivity index (χ0) is 14.8. The van der Waals surface area contributed by atoms with E-state index in [0.717, 1.165) is 13.0 Å². The second-order valence-electron chi connectivity index (χ2n) is 4.20.